The molecule has 0 radical (unpaired) electrons. The summed E-state index contributed by atoms with van der Waals surface area (Å²) in [5.41, 5.74) is 0. The molecule has 7 heteroatoms. The maximum absolute atomic E-state index is 11.6. The number of carbonyl (C=O) groups excluding carboxylic acids is 1. The van der Waals surface area contributed by atoms with Gasteiger partial charge in [0.2, 0.25) is 0 Å². The van der Waals surface area contributed by atoms with Crippen LogP contribution in [0.25, 0.3) is 0 Å². The first-order valence-corrected chi connectivity index (χ1v) is 7.33. The third-order valence-corrected chi connectivity index (χ3v) is 4.29. The van der Waals surface area contributed by atoms with Crippen LogP contribution in [0.3, 0.4) is 0 Å². The Labute approximate surface area is 96.9 Å². The smallest absolute Gasteiger partial charge is 0.263 e. The fraction of sp³-hybridized carbons (Fsp3) is 0.375. The molecule has 1 rings (SSSR count). The van der Waals surface area contributed by atoms with E-state index in [0.717, 1.165) is 11.3 Å². The van der Waals surface area contributed by atoms with Crippen molar-refractivity contribution in [1.29, 1.82) is 0 Å². The summed E-state index contributed by atoms with van der Waals surface area (Å²) in [6.07, 6.45) is 0. The van der Waals surface area contributed by atoms with Crippen LogP contribution in [0.4, 0.5) is 0 Å². The lowest BCUT2D eigenvalue weighted by atomic mass is 10.4. The molecule has 0 aliphatic carbocycles. The van der Waals surface area contributed by atoms with Crippen molar-refractivity contribution in [3.63, 3.8) is 0 Å². The molecule has 1 amide bonds. The first kappa shape index (κ1) is 12.5. The van der Waals surface area contributed by atoms with E-state index in [1.165, 1.54) is 16.3 Å². The van der Waals surface area contributed by atoms with Crippen LogP contribution >= 0.6 is 22.0 Å². The Balaban J connectivity index is 3.00. The number of rotatable bonds is 3. The summed E-state index contributed by atoms with van der Waals surface area (Å²) in [7, 11) is 3.06. The Morgan fingerprint density at radius 3 is 2.60 bits per heavy atom. The minimum absolute atomic E-state index is 0.0259. The predicted molar refractivity (Wildman–Crippen MR) is 60.0 cm³/mol. The van der Waals surface area contributed by atoms with Gasteiger partial charge in [0, 0.05) is 29.7 Å². The number of hydrogen-bond donors (Lipinski definition) is 0. The second-order valence-corrected chi connectivity index (χ2v) is 6.38. The zero-order valence-electron chi connectivity index (χ0n) is 8.23. The van der Waals surface area contributed by atoms with Gasteiger partial charge in [-0.1, -0.05) is 0 Å². The van der Waals surface area contributed by atoms with Gasteiger partial charge in [0.05, 0.1) is 9.77 Å². The maximum atomic E-state index is 11.6. The SMILES string of the molecule is CCN(C)C(=O)c1cc(S(=O)(=O)Cl)cs1. The minimum atomic E-state index is -3.74. The highest BCUT2D eigenvalue weighted by atomic mass is 35.7. The summed E-state index contributed by atoms with van der Waals surface area (Å²) in [6.45, 7) is 2.41. The van der Waals surface area contributed by atoms with Crippen molar-refractivity contribution < 1.29 is 13.2 Å². The highest BCUT2D eigenvalue weighted by molar-refractivity contribution is 8.13. The van der Waals surface area contributed by atoms with Crippen LogP contribution in [0, 0.1) is 0 Å². The number of halogens is 1. The first-order valence-electron chi connectivity index (χ1n) is 4.15. The van der Waals surface area contributed by atoms with Crippen molar-refractivity contribution in [3.8, 4) is 0 Å². The van der Waals surface area contributed by atoms with Gasteiger partial charge in [0.15, 0.2) is 0 Å². The van der Waals surface area contributed by atoms with Gasteiger partial charge in [0.25, 0.3) is 15.0 Å². The van der Waals surface area contributed by atoms with E-state index in [1.54, 1.807) is 7.05 Å². The zero-order valence-corrected chi connectivity index (χ0v) is 10.6. The minimum Gasteiger partial charge on any atom is -0.341 e. The molecule has 0 aliphatic rings. The molecule has 0 aliphatic heterocycles. The van der Waals surface area contributed by atoms with E-state index in [0.29, 0.717) is 11.4 Å². The highest BCUT2D eigenvalue weighted by Crippen LogP contribution is 2.23. The van der Waals surface area contributed by atoms with Crippen LogP contribution in [-0.2, 0) is 9.05 Å². The van der Waals surface area contributed by atoms with Gasteiger partial charge in [-0.25, -0.2) is 8.42 Å². The normalized spacial score (nSPS) is 11.4. The number of thiophene rings is 1. The Hall–Kier alpha value is -0.590. The second-order valence-electron chi connectivity index (χ2n) is 2.90. The molecule has 84 valence electrons. The van der Waals surface area contributed by atoms with E-state index in [-0.39, 0.29) is 10.8 Å². The van der Waals surface area contributed by atoms with Gasteiger partial charge in [-0.15, -0.1) is 11.3 Å². The maximum Gasteiger partial charge on any atom is 0.263 e. The van der Waals surface area contributed by atoms with Crippen molar-refractivity contribution >= 4 is 37.0 Å². The predicted octanol–water partition coefficient (Wildman–Crippen LogP) is 1.77. The summed E-state index contributed by atoms with van der Waals surface area (Å²) < 4.78 is 21.9. The van der Waals surface area contributed by atoms with E-state index in [9.17, 15) is 13.2 Å². The first-order chi connectivity index (χ1) is 6.86. The molecule has 0 fully saturated rings. The zero-order chi connectivity index (χ0) is 11.6. The fourth-order valence-electron chi connectivity index (χ4n) is 0.891. The van der Waals surface area contributed by atoms with Gasteiger partial charge >= 0.3 is 0 Å². The molecule has 15 heavy (non-hydrogen) atoms. The quantitative estimate of drug-likeness (QED) is 0.785. The van der Waals surface area contributed by atoms with Gasteiger partial charge < -0.3 is 4.90 Å². The summed E-state index contributed by atoms with van der Waals surface area (Å²) >= 11 is 1.07. The van der Waals surface area contributed by atoms with Gasteiger partial charge in [-0.05, 0) is 13.0 Å². The molecule has 0 spiro atoms. The highest BCUT2D eigenvalue weighted by Gasteiger charge is 2.17. The Morgan fingerprint density at radius 2 is 2.20 bits per heavy atom. The van der Waals surface area contributed by atoms with Crippen LogP contribution < -0.4 is 0 Å². The second kappa shape index (κ2) is 4.51. The van der Waals surface area contributed by atoms with Crippen molar-refractivity contribution in [2.75, 3.05) is 13.6 Å². The van der Waals surface area contributed by atoms with Crippen molar-refractivity contribution in [1.82, 2.24) is 4.90 Å². The third-order valence-electron chi connectivity index (χ3n) is 1.89. The summed E-state index contributed by atoms with van der Waals surface area (Å²) in [5, 5.41) is 1.36. The monoisotopic (exact) mass is 267 g/mol. The molecule has 0 N–H and O–H groups in total. The number of nitrogens with zero attached hydrogens (tertiary/aromatic N) is 1. The topological polar surface area (TPSA) is 54.5 Å². The largest absolute Gasteiger partial charge is 0.341 e. The van der Waals surface area contributed by atoms with Gasteiger partial charge in [-0.3, -0.25) is 4.79 Å². The summed E-state index contributed by atoms with van der Waals surface area (Å²) in [6, 6.07) is 1.29. The van der Waals surface area contributed by atoms with Crippen LogP contribution in [0.15, 0.2) is 16.3 Å². The molecular weight excluding hydrogens is 258 g/mol. The van der Waals surface area contributed by atoms with E-state index >= 15 is 0 Å². The molecule has 0 atom stereocenters. The average molecular weight is 268 g/mol. The van der Waals surface area contributed by atoms with Gasteiger partial charge in [0.1, 0.15) is 0 Å². The van der Waals surface area contributed by atoms with Crippen molar-refractivity contribution in [2.45, 2.75) is 11.8 Å². The fourth-order valence-corrected chi connectivity index (χ4v) is 3.05. The van der Waals surface area contributed by atoms with E-state index in [4.69, 9.17) is 10.7 Å². The number of hydrogen-bond acceptors (Lipinski definition) is 4. The van der Waals surface area contributed by atoms with Crippen LogP contribution in [0.2, 0.25) is 0 Å². The summed E-state index contributed by atoms with van der Waals surface area (Å²) in [5.74, 6) is -0.200. The van der Waals surface area contributed by atoms with Gasteiger partial charge in [-0.2, -0.15) is 0 Å². The lowest BCUT2D eigenvalue weighted by molar-refractivity contribution is 0.0807. The third kappa shape index (κ3) is 2.93. The molecule has 0 unspecified atom stereocenters. The lowest BCUT2D eigenvalue weighted by Crippen LogP contribution is -2.25. The molecular formula is C8H10ClNO3S2. The van der Waals surface area contributed by atoms with Crippen LogP contribution in [-0.4, -0.2) is 32.8 Å². The number of amides is 1. The standard InChI is InChI=1S/C8H10ClNO3S2/c1-3-10(2)8(11)7-4-6(5-14-7)15(9,12)13/h4-5H,3H2,1-2H3. The average Bonchev–Trinajstić information content (AvgIpc) is 2.63. The molecule has 0 saturated carbocycles. The van der Waals surface area contributed by atoms with E-state index in [1.807, 2.05) is 6.92 Å². The Bertz CT molecular complexity index is 466. The van der Waals surface area contributed by atoms with Crippen molar-refractivity contribution in [2.24, 2.45) is 0 Å². The number of carbonyl (C=O) groups is 1. The molecule has 1 aromatic rings. The summed E-state index contributed by atoms with van der Waals surface area (Å²) in [4.78, 5) is 13.5. The van der Waals surface area contributed by atoms with E-state index in [2.05, 4.69) is 0 Å². The molecule has 0 bridgehead atoms. The van der Waals surface area contributed by atoms with Crippen LogP contribution in [0.5, 0.6) is 0 Å². The van der Waals surface area contributed by atoms with E-state index < -0.39 is 9.05 Å². The Kier molecular flexibility index (Phi) is 3.75. The Morgan fingerprint density at radius 1 is 1.60 bits per heavy atom. The molecule has 0 saturated heterocycles. The van der Waals surface area contributed by atoms with Crippen LogP contribution in [0.1, 0.15) is 16.6 Å². The molecule has 0 aromatic carbocycles. The molecule has 4 nitrogen and oxygen atoms in total. The molecule has 1 aromatic heterocycles. The van der Waals surface area contributed by atoms with Crippen molar-refractivity contribution in [3.05, 3.63) is 16.3 Å². The molecule has 1 heterocycles. The lowest BCUT2D eigenvalue weighted by Gasteiger charge is -2.12.